The second kappa shape index (κ2) is 3.43. The molecule has 13 heavy (non-hydrogen) atoms. The lowest BCUT2D eigenvalue weighted by molar-refractivity contribution is 0.285. The molecule has 2 rings (SSSR count). The molecular weight excluding hydrogens is 297 g/mol. The van der Waals surface area contributed by atoms with Gasteiger partial charge in [0.05, 0.1) is 6.61 Å². The van der Waals surface area contributed by atoms with Crippen LogP contribution in [0, 0.1) is 3.57 Å². The zero-order valence-electron chi connectivity index (χ0n) is 6.75. The Morgan fingerprint density at radius 2 is 2.15 bits per heavy atom. The molecule has 1 aromatic carbocycles. The molecule has 0 saturated carbocycles. The van der Waals surface area contributed by atoms with Gasteiger partial charge in [0.25, 0.3) is 0 Å². The molecule has 0 amide bonds. The Kier molecular flexibility index (Phi) is 2.44. The van der Waals surface area contributed by atoms with E-state index in [2.05, 4.69) is 22.6 Å². The normalized spacial score (nSPS) is 10.9. The van der Waals surface area contributed by atoms with Gasteiger partial charge in [-0.05, 0) is 40.8 Å². The topological polar surface area (TPSA) is 46.2 Å². The number of fused-ring (bicyclic) bond motifs is 1. The Balaban J connectivity index is 2.75. The average Bonchev–Trinajstić information content (AvgIpc) is 2.47. The smallest absolute Gasteiger partial charge is 0.0774 e. The van der Waals surface area contributed by atoms with E-state index in [1.165, 1.54) is 5.39 Å². The molecule has 68 valence electrons. The van der Waals surface area contributed by atoms with Gasteiger partial charge < -0.3 is 10.8 Å². The molecule has 0 aliphatic heterocycles. The molecule has 0 radical (unpaired) electrons. The highest BCUT2D eigenvalue weighted by atomic mass is 127. The first-order chi connectivity index (χ1) is 6.20. The Labute approximate surface area is 93.5 Å². The lowest BCUT2D eigenvalue weighted by atomic mass is 10.2. The lowest BCUT2D eigenvalue weighted by Gasteiger charge is -1.95. The molecule has 2 nitrogen and oxygen atoms in total. The molecule has 1 aromatic heterocycles. The van der Waals surface area contributed by atoms with E-state index in [4.69, 9.17) is 10.8 Å². The molecule has 1 heterocycles. The van der Waals surface area contributed by atoms with Crippen LogP contribution in [0.4, 0.5) is 5.69 Å². The Morgan fingerprint density at radius 3 is 2.85 bits per heavy atom. The second-order valence-electron chi connectivity index (χ2n) is 2.79. The van der Waals surface area contributed by atoms with Crippen LogP contribution in [0.2, 0.25) is 0 Å². The second-order valence-corrected chi connectivity index (χ2v) is 5.12. The van der Waals surface area contributed by atoms with E-state index in [-0.39, 0.29) is 6.61 Å². The van der Waals surface area contributed by atoms with Gasteiger partial charge in [0.15, 0.2) is 0 Å². The van der Waals surface area contributed by atoms with Crippen LogP contribution < -0.4 is 5.73 Å². The fourth-order valence-corrected chi connectivity index (χ4v) is 3.23. The van der Waals surface area contributed by atoms with E-state index in [0.29, 0.717) is 0 Å². The van der Waals surface area contributed by atoms with Crippen LogP contribution in [0.5, 0.6) is 0 Å². The number of hydrogen-bond acceptors (Lipinski definition) is 3. The first kappa shape index (κ1) is 9.23. The van der Waals surface area contributed by atoms with Crippen LogP contribution in [0.25, 0.3) is 10.1 Å². The van der Waals surface area contributed by atoms with Crippen LogP contribution in [0.15, 0.2) is 18.2 Å². The fraction of sp³-hybridized carbons (Fsp3) is 0.111. The van der Waals surface area contributed by atoms with Crippen LogP contribution in [-0.4, -0.2) is 5.11 Å². The summed E-state index contributed by atoms with van der Waals surface area (Å²) in [6.07, 6.45) is 0. The molecule has 0 saturated heterocycles. The highest BCUT2D eigenvalue weighted by Gasteiger charge is 2.04. The number of nitrogens with two attached hydrogens (primary N) is 1. The van der Waals surface area contributed by atoms with E-state index >= 15 is 0 Å². The molecule has 0 aliphatic carbocycles. The molecule has 0 atom stereocenters. The molecule has 3 N–H and O–H groups in total. The maximum atomic E-state index is 8.98. The number of anilines is 1. The number of thiophene rings is 1. The third-order valence-electron chi connectivity index (χ3n) is 1.82. The number of halogens is 1. The number of benzene rings is 1. The van der Waals surface area contributed by atoms with Crippen molar-refractivity contribution in [3.63, 3.8) is 0 Å². The van der Waals surface area contributed by atoms with Crippen LogP contribution in [0.1, 0.15) is 4.88 Å². The first-order valence-electron chi connectivity index (χ1n) is 3.79. The van der Waals surface area contributed by atoms with Gasteiger partial charge in [-0.2, -0.15) is 0 Å². The number of hydrogen-bond donors (Lipinski definition) is 2. The van der Waals surface area contributed by atoms with Crippen LogP contribution >= 0.6 is 33.9 Å². The standard InChI is InChI=1S/C9H8INOS/c10-8-1-5(11)2-9-7(8)3-6(4-12)13-9/h1-3,12H,4,11H2. The highest BCUT2D eigenvalue weighted by Crippen LogP contribution is 2.31. The molecule has 4 heteroatoms. The first-order valence-corrected chi connectivity index (χ1v) is 5.68. The number of nitrogen functional groups attached to an aromatic ring is 1. The minimum Gasteiger partial charge on any atom is -0.399 e. The lowest BCUT2D eigenvalue weighted by Crippen LogP contribution is -1.84. The summed E-state index contributed by atoms with van der Waals surface area (Å²) in [6.45, 7) is 0.106. The monoisotopic (exact) mass is 305 g/mol. The van der Waals surface area contributed by atoms with Gasteiger partial charge in [-0.1, -0.05) is 0 Å². The molecule has 2 aromatic rings. The van der Waals surface area contributed by atoms with Crippen molar-refractivity contribution in [2.45, 2.75) is 6.61 Å². The van der Waals surface area contributed by atoms with E-state index < -0.39 is 0 Å². The van der Waals surface area contributed by atoms with E-state index in [0.717, 1.165) is 18.8 Å². The van der Waals surface area contributed by atoms with Gasteiger partial charge in [-0.15, -0.1) is 11.3 Å². The number of rotatable bonds is 1. The summed E-state index contributed by atoms with van der Waals surface area (Å²) in [4.78, 5) is 0.985. The van der Waals surface area contributed by atoms with Gasteiger partial charge in [-0.3, -0.25) is 0 Å². The SMILES string of the molecule is Nc1cc(I)c2cc(CO)sc2c1. The van der Waals surface area contributed by atoms with Gasteiger partial charge in [0.2, 0.25) is 0 Å². The zero-order valence-corrected chi connectivity index (χ0v) is 9.72. The van der Waals surface area contributed by atoms with Crippen LogP contribution in [0.3, 0.4) is 0 Å². The van der Waals surface area contributed by atoms with Crippen molar-refractivity contribution >= 4 is 49.7 Å². The summed E-state index contributed by atoms with van der Waals surface area (Å²) in [5, 5.41) is 10.2. The molecule has 0 spiro atoms. The van der Waals surface area contributed by atoms with Crippen molar-refractivity contribution in [3.8, 4) is 0 Å². The summed E-state index contributed by atoms with van der Waals surface area (Å²) in [5.41, 5.74) is 6.50. The number of aliphatic hydroxyl groups excluding tert-OH is 1. The highest BCUT2D eigenvalue weighted by molar-refractivity contribution is 14.1. The summed E-state index contributed by atoms with van der Waals surface area (Å²) < 4.78 is 2.29. The van der Waals surface area contributed by atoms with E-state index in [1.807, 2.05) is 18.2 Å². The molecule has 0 bridgehead atoms. The van der Waals surface area contributed by atoms with Gasteiger partial charge in [0, 0.05) is 24.2 Å². The maximum Gasteiger partial charge on any atom is 0.0774 e. The summed E-state index contributed by atoms with van der Waals surface area (Å²) in [6, 6.07) is 5.90. The van der Waals surface area contributed by atoms with Crippen molar-refractivity contribution in [1.29, 1.82) is 0 Å². The predicted octanol–water partition coefficient (Wildman–Crippen LogP) is 2.58. The minimum atomic E-state index is 0.106. The zero-order chi connectivity index (χ0) is 9.42. The van der Waals surface area contributed by atoms with Crippen molar-refractivity contribution < 1.29 is 5.11 Å². The van der Waals surface area contributed by atoms with Crippen molar-refractivity contribution in [2.24, 2.45) is 0 Å². The average molecular weight is 305 g/mol. The fourth-order valence-electron chi connectivity index (χ4n) is 1.25. The molecule has 0 aliphatic rings. The van der Waals surface area contributed by atoms with E-state index in [1.54, 1.807) is 11.3 Å². The molecule has 0 unspecified atom stereocenters. The van der Waals surface area contributed by atoms with E-state index in [9.17, 15) is 0 Å². The summed E-state index contributed by atoms with van der Waals surface area (Å²) in [7, 11) is 0. The van der Waals surface area contributed by atoms with Crippen molar-refractivity contribution in [1.82, 2.24) is 0 Å². The van der Waals surface area contributed by atoms with Crippen LogP contribution in [-0.2, 0) is 6.61 Å². The van der Waals surface area contributed by atoms with Gasteiger partial charge in [0.1, 0.15) is 0 Å². The summed E-state index contributed by atoms with van der Waals surface area (Å²) in [5.74, 6) is 0. The Hall–Kier alpha value is -0.330. The minimum absolute atomic E-state index is 0.106. The molecular formula is C9H8INOS. The summed E-state index contributed by atoms with van der Waals surface area (Å²) >= 11 is 3.85. The Morgan fingerprint density at radius 1 is 1.38 bits per heavy atom. The largest absolute Gasteiger partial charge is 0.399 e. The quantitative estimate of drug-likeness (QED) is 0.628. The predicted molar refractivity (Wildman–Crippen MR) is 64.9 cm³/mol. The van der Waals surface area contributed by atoms with Crippen molar-refractivity contribution in [2.75, 3.05) is 5.73 Å². The Bertz CT molecular complexity index is 452. The van der Waals surface area contributed by atoms with Gasteiger partial charge >= 0.3 is 0 Å². The van der Waals surface area contributed by atoms with Gasteiger partial charge in [-0.25, -0.2) is 0 Å². The number of aliphatic hydroxyl groups is 1. The third kappa shape index (κ3) is 1.66. The van der Waals surface area contributed by atoms with Crippen molar-refractivity contribution in [3.05, 3.63) is 26.6 Å². The molecule has 0 fully saturated rings. The maximum absolute atomic E-state index is 8.98. The third-order valence-corrected chi connectivity index (χ3v) is 3.78.